The minimum atomic E-state index is -0.848. The Bertz CT molecular complexity index is 607. The first-order valence-corrected chi connectivity index (χ1v) is 8.03. The Morgan fingerprint density at radius 3 is 2.10 bits per heavy atom. The van der Waals surface area contributed by atoms with Crippen molar-refractivity contribution in [3.05, 3.63) is 34.8 Å². The van der Waals surface area contributed by atoms with Gasteiger partial charge in [-0.05, 0) is 44.0 Å². The maximum Gasteiger partial charge on any atom is 0.123 e. The van der Waals surface area contributed by atoms with E-state index in [1.54, 1.807) is 11.3 Å². The van der Waals surface area contributed by atoms with Crippen molar-refractivity contribution in [3.8, 4) is 10.6 Å². The summed E-state index contributed by atoms with van der Waals surface area (Å²) >= 11 is 1.59. The number of anilines is 1. The summed E-state index contributed by atoms with van der Waals surface area (Å²) in [7, 11) is 4.06. The normalized spacial score (nSPS) is 12.0. The average molecular weight is 304 g/mol. The number of nitrogens with zero attached hydrogens (tertiary/aromatic N) is 2. The summed E-state index contributed by atoms with van der Waals surface area (Å²) in [5, 5.41) is 11.3. The first-order valence-electron chi connectivity index (χ1n) is 7.21. The van der Waals surface area contributed by atoms with E-state index in [4.69, 9.17) is 4.98 Å². The molecule has 0 spiro atoms. The third-order valence-corrected chi connectivity index (χ3v) is 4.82. The topological polar surface area (TPSA) is 36.4 Å². The van der Waals surface area contributed by atoms with Crippen LogP contribution in [0, 0.1) is 0 Å². The monoisotopic (exact) mass is 304 g/mol. The van der Waals surface area contributed by atoms with Gasteiger partial charge in [-0.1, -0.05) is 13.8 Å². The molecule has 0 saturated heterocycles. The highest BCUT2D eigenvalue weighted by Gasteiger charge is 2.26. The Morgan fingerprint density at radius 2 is 1.71 bits per heavy atom. The molecule has 0 fully saturated rings. The highest BCUT2D eigenvalue weighted by molar-refractivity contribution is 7.15. The zero-order valence-corrected chi connectivity index (χ0v) is 14.5. The molecule has 21 heavy (non-hydrogen) atoms. The predicted molar refractivity (Wildman–Crippen MR) is 91.2 cm³/mol. The van der Waals surface area contributed by atoms with Crippen molar-refractivity contribution in [2.24, 2.45) is 0 Å². The molecule has 0 amide bonds. The molecular weight excluding hydrogens is 280 g/mol. The van der Waals surface area contributed by atoms with Gasteiger partial charge in [-0.3, -0.25) is 0 Å². The maximum atomic E-state index is 10.4. The summed E-state index contributed by atoms with van der Waals surface area (Å²) in [5.41, 5.74) is 2.42. The lowest BCUT2D eigenvalue weighted by atomic mass is 10.0. The van der Waals surface area contributed by atoms with Gasteiger partial charge in [0.25, 0.3) is 0 Å². The van der Waals surface area contributed by atoms with Gasteiger partial charge in [-0.25, -0.2) is 4.98 Å². The SMILES string of the molecule is CC(C)c1nc(-c2ccc(N(C)C)cc2)sc1C(C)(C)O. The smallest absolute Gasteiger partial charge is 0.123 e. The number of hydrogen-bond donors (Lipinski definition) is 1. The molecule has 1 N–H and O–H groups in total. The van der Waals surface area contributed by atoms with Gasteiger partial charge in [0.2, 0.25) is 0 Å². The summed E-state index contributed by atoms with van der Waals surface area (Å²) in [6, 6.07) is 8.37. The lowest BCUT2D eigenvalue weighted by molar-refractivity contribution is 0.0811. The number of rotatable bonds is 4. The third kappa shape index (κ3) is 3.44. The van der Waals surface area contributed by atoms with Gasteiger partial charge in [-0.15, -0.1) is 11.3 Å². The van der Waals surface area contributed by atoms with Crippen molar-refractivity contribution in [2.45, 2.75) is 39.2 Å². The molecule has 1 aromatic carbocycles. The van der Waals surface area contributed by atoms with Gasteiger partial charge < -0.3 is 10.0 Å². The molecule has 0 atom stereocenters. The average Bonchev–Trinajstić information content (AvgIpc) is 2.84. The van der Waals surface area contributed by atoms with Crippen LogP contribution in [0.2, 0.25) is 0 Å². The highest BCUT2D eigenvalue weighted by atomic mass is 32.1. The second kappa shape index (κ2) is 5.78. The van der Waals surface area contributed by atoms with Crippen molar-refractivity contribution >= 4 is 17.0 Å². The maximum absolute atomic E-state index is 10.4. The van der Waals surface area contributed by atoms with E-state index in [0.29, 0.717) is 5.92 Å². The van der Waals surface area contributed by atoms with Crippen LogP contribution in [0.25, 0.3) is 10.6 Å². The minimum absolute atomic E-state index is 0.303. The fourth-order valence-electron chi connectivity index (χ4n) is 2.19. The Hall–Kier alpha value is -1.39. The number of aromatic nitrogens is 1. The molecule has 0 unspecified atom stereocenters. The summed E-state index contributed by atoms with van der Waals surface area (Å²) < 4.78 is 0. The molecule has 1 aromatic heterocycles. The number of benzene rings is 1. The van der Waals surface area contributed by atoms with E-state index in [2.05, 4.69) is 43.0 Å². The van der Waals surface area contributed by atoms with Crippen LogP contribution < -0.4 is 4.90 Å². The lowest BCUT2D eigenvalue weighted by Gasteiger charge is -2.17. The Kier molecular flexibility index (Phi) is 4.40. The molecule has 0 saturated carbocycles. The molecule has 2 aromatic rings. The largest absolute Gasteiger partial charge is 0.385 e. The van der Waals surface area contributed by atoms with E-state index >= 15 is 0 Å². The van der Waals surface area contributed by atoms with E-state index < -0.39 is 5.60 Å². The molecular formula is C17H24N2OS. The fraction of sp³-hybridized carbons (Fsp3) is 0.471. The quantitative estimate of drug-likeness (QED) is 0.918. The van der Waals surface area contributed by atoms with Gasteiger partial charge in [-0.2, -0.15) is 0 Å². The number of aliphatic hydroxyl groups is 1. The molecule has 2 rings (SSSR count). The fourth-order valence-corrected chi connectivity index (χ4v) is 3.41. The van der Waals surface area contributed by atoms with E-state index in [-0.39, 0.29) is 0 Å². The summed E-state index contributed by atoms with van der Waals surface area (Å²) in [6.07, 6.45) is 0. The van der Waals surface area contributed by atoms with Crippen LogP contribution >= 0.6 is 11.3 Å². The first kappa shape index (κ1) is 16.0. The van der Waals surface area contributed by atoms with Crippen molar-refractivity contribution < 1.29 is 5.11 Å². The number of thiazole rings is 1. The molecule has 114 valence electrons. The first-order chi connectivity index (χ1) is 9.70. The Balaban J connectivity index is 2.45. The van der Waals surface area contributed by atoms with Crippen LogP contribution in [0.1, 0.15) is 44.2 Å². The summed E-state index contributed by atoms with van der Waals surface area (Å²) in [5.74, 6) is 0.303. The van der Waals surface area contributed by atoms with Gasteiger partial charge >= 0.3 is 0 Å². The van der Waals surface area contributed by atoms with Gasteiger partial charge in [0.05, 0.1) is 16.2 Å². The van der Waals surface area contributed by atoms with Crippen LogP contribution in [-0.4, -0.2) is 24.2 Å². The van der Waals surface area contributed by atoms with Gasteiger partial charge in [0, 0.05) is 25.3 Å². The van der Waals surface area contributed by atoms with E-state index in [9.17, 15) is 5.11 Å². The number of hydrogen-bond acceptors (Lipinski definition) is 4. The molecule has 0 aliphatic carbocycles. The van der Waals surface area contributed by atoms with Crippen molar-refractivity contribution in [1.82, 2.24) is 4.98 Å². The Morgan fingerprint density at radius 1 is 1.14 bits per heavy atom. The second-order valence-corrected chi connectivity index (χ2v) is 7.39. The Labute approximate surface area is 131 Å². The molecule has 0 aliphatic heterocycles. The molecule has 0 radical (unpaired) electrons. The van der Waals surface area contributed by atoms with Crippen LogP contribution in [0.3, 0.4) is 0 Å². The van der Waals surface area contributed by atoms with Gasteiger partial charge in [0.1, 0.15) is 5.01 Å². The summed E-state index contributed by atoms with van der Waals surface area (Å²) in [4.78, 5) is 7.80. The van der Waals surface area contributed by atoms with Crippen molar-refractivity contribution in [1.29, 1.82) is 0 Å². The van der Waals surface area contributed by atoms with Crippen LogP contribution in [0.5, 0.6) is 0 Å². The van der Waals surface area contributed by atoms with Crippen molar-refractivity contribution in [3.63, 3.8) is 0 Å². The van der Waals surface area contributed by atoms with E-state index in [1.807, 2.05) is 27.9 Å². The van der Waals surface area contributed by atoms with Crippen LogP contribution in [0.15, 0.2) is 24.3 Å². The summed E-state index contributed by atoms with van der Waals surface area (Å²) in [6.45, 7) is 7.88. The molecule has 4 heteroatoms. The van der Waals surface area contributed by atoms with Crippen molar-refractivity contribution in [2.75, 3.05) is 19.0 Å². The van der Waals surface area contributed by atoms with Gasteiger partial charge in [0.15, 0.2) is 0 Å². The zero-order valence-electron chi connectivity index (χ0n) is 13.6. The second-order valence-electron chi connectivity index (χ2n) is 6.39. The standard InChI is InChI=1S/C17H24N2OS/c1-11(2)14-15(17(3,4)20)21-16(18-14)12-7-9-13(10-8-12)19(5)6/h7-11,20H,1-6H3. The molecule has 0 bridgehead atoms. The predicted octanol–water partition coefficient (Wildman–Crippen LogP) is 4.23. The van der Waals surface area contributed by atoms with Crippen LogP contribution in [0.4, 0.5) is 5.69 Å². The van der Waals surface area contributed by atoms with E-state index in [0.717, 1.165) is 21.1 Å². The molecule has 0 aliphatic rings. The molecule has 3 nitrogen and oxygen atoms in total. The zero-order chi connectivity index (χ0) is 15.8. The highest BCUT2D eigenvalue weighted by Crippen LogP contribution is 2.38. The lowest BCUT2D eigenvalue weighted by Crippen LogP contribution is -2.16. The van der Waals surface area contributed by atoms with Crippen LogP contribution in [-0.2, 0) is 5.60 Å². The minimum Gasteiger partial charge on any atom is -0.385 e. The molecule has 1 heterocycles. The third-order valence-electron chi connectivity index (χ3n) is 3.39. The van der Waals surface area contributed by atoms with E-state index in [1.165, 1.54) is 5.69 Å².